The monoisotopic (exact) mass is 322 g/mol. The van der Waals surface area contributed by atoms with Crippen LogP contribution in [0, 0.1) is 18.8 Å². The summed E-state index contributed by atoms with van der Waals surface area (Å²) in [5.41, 5.74) is 0.400. The number of nitrogens with one attached hydrogen (secondary N) is 1. The van der Waals surface area contributed by atoms with Crippen LogP contribution in [0.2, 0.25) is 0 Å². The van der Waals surface area contributed by atoms with Crippen LogP contribution in [0.5, 0.6) is 0 Å². The highest BCUT2D eigenvalue weighted by atomic mass is 16.4. The van der Waals surface area contributed by atoms with Gasteiger partial charge >= 0.3 is 5.97 Å². The minimum Gasteiger partial charge on any atom is -0.480 e. The molecule has 2 N–H and O–H groups in total. The van der Waals surface area contributed by atoms with Crippen LogP contribution in [-0.2, 0) is 9.59 Å². The summed E-state index contributed by atoms with van der Waals surface area (Å²) in [6.45, 7) is 9.22. The van der Waals surface area contributed by atoms with E-state index in [1.165, 1.54) is 10.6 Å². The number of pyridine rings is 1. The van der Waals surface area contributed by atoms with Crippen molar-refractivity contribution in [2.45, 2.75) is 53.1 Å². The first kappa shape index (κ1) is 18.9. The van der Waals surface area contributed by atoms with Crippen molar-refractivity contribution in [3.8, 4) is 0 Å². The molecule has 0 aliphatic heterocycles. The Morgan fingerprint density at radius 2 is 1.83 bits per heavy atom. The maximum absolute atomic E-state index is 12.7. The Morgan fingerprint density at radius 3 is 2.26 bits per heavy atom. The quantitative estimate of drug-likeness (QED) is 0.803. The van der Waals surface area contributed by atoms with E-state index >= 15 is 0 Å². The molecule has 0 saturated carbocycles. The number of carboxylic acid groups (broad SMARTS) is 1. The molecule has 1 heterocycles. The molecule has 2 unspecified atom stereocenters. The van der Waals surface area contributed by atoms with Crippen molar-refractivity contribution in [1.82, 2.24) is 9.88 Å². The topological polar surface area (TPSA) is 88.4 Å². The molecular weight excluding hydrogens is 296 g/mol. The van der Waals surface area contributed by atoms with Gasteiger partial charge in [-0.05, 0) is 31.2 Å². The second-order valence-electron chi connectivity index (χ2n) is 6.59. The van der Waals surface area contributed by atoms with Gasteiger partial charge in [0, 0.05) is 11.8 Å². The van der Waals surface area contributed by atoms with Gasteiger partial charge < -0.3 is 15.0 Å². The van der Waals surface area contributed by atoms with E-state index in [0.717, 1.165) is 0 Å². The second-order valence-corrected chi connectivity index (χ2v) is 6.59. The molecule has 0 spiro atoms. The Hall–Kier alpha value is -2.11. The van der Waals surface area contributed by atoms with Gasteiger partial charge in [0.1, 0.15) is 12.1 Å². The van der Waals surface area contributed by atoms with E-state index in [-0.39, 0.29) is 17.4 Å². The summed E-state index contributed by atoms with van der Waals surface area (Å²) in [5.74, 6) is -1.52. The van der Waals surface area contributed by atoms with E-state index in [1.807, 2.05) is 27.7 Å². The lowest BCUT2D eigenvalue weighted by Gasteiger charge is -2.26. The minimum atomic E-state index is -1.06. The summed E-state index contributed by atoms with van der Waals surface area (Å²) in [7, 11) is 0. The summed E-state index contributed by atoms with van der Waals surface area (Å²) >= 11 is 0. The number of amides is 1. The molecule has 23 heavy (non-hydrogen) atoms. The molecule has 128 valence electrons. The first-order valence-corrected chi connectivity index (χ1v) is 7.86. The number of nitrogens with zero attached hydrogens (tertiary/aromatic N) is 1. The number of carbonyl (C=O) groups excluding carboxylic acids is 1. The fourth-order valence-electron chi connectivity index (χ4n) is 2.63. The molecule has 1 rings (SSSR count). The highest BCUT2D eigenvalue weighted by Crippen LogP contribution is 2.19. The van der Waals surface area contributed by atoms with Crippen molar-refractivity contribution in [2.75, 3.05) is 0 Å². The molecular formula is C17H26N2O4. The molecule has 0 fully saturated rings. The van der Waals surface area contributed by atoms with Gasteiger partial charge in [-0.3, -0.25) is 9.59 Å². The van der Waals surface area contributed by atoms with Crippen molar-refractivity contribution >= 4 is 11.9 Å². The smallest absolute Gasteiger partial charge is 0.326 e. The largest absolute Gasteiger partial charge is 0.480 e. The Balaban J connectivity index is 3.13. The first-order chi connectivity index (χ1) is 10.6. The van der Waals surface area contributed by atoms with Crippen molar-refractivity contribution in [3.63, 3.8) is 0 Å². The van der Waals surface area contributed by atoms with Gasteiger partial charge in [-0.1, -0.05) is 33.8 Å². The zero-order chi connectivity index (χ0) is 17.7. The third-order valence-electron chi connectivity index (χ3n) is 3.69. The SMILES string of the molecule is Cc1cccc(=O)n1C(C(=O)NC(CC(C)C)C(=O)O)C(C)C. The van der Waals surface area contributed by atoms with E-state index in [0.29, 0.717) is 12.1 Å². The minimum absolute atomic E-state index is 0.134. The van der Waals surface area contributed by atoms with Crippen LogP contribution >= 0.6 is 0 Å². The number of carboxylic acids is 1. The van der Waals surface area contributed by atoms with Crippen LogP contribution in [0.4, 0.5) is 0 Å². The molecule has 1 aromatic rings. The first-order valence-electron chi connectivity index (χ1n) is 7.86. The highest BCUT2D eigenvalue weighted by Gasteiger charge is 2.30. The van der Waals surface area contributed by atoms with Crippen molar-refractivity contribution in [3.05, 3.63) is 34.2 Å². The van der Waals surface area contributed by atoms with Gasteiger partial charge in [0.25, 0.3) is 5.56 Å². The lowest BCUT2D eigenvalue weighted by atomic mass is 9.99. The van der Waals surface area contributed by atoms with E-state index in [4.69, 9.17) is 0 Å². The van der Waals surface area contributed by atoms with Crippen LogP contribution in [0.25, 0.3) is 0 Å². The summed E-state index contributed by atoms with van der Waals surface area (Å²) in [6, 6.07) is 3.11. The van der Waals surface area contributed by atoms with E-state index < -0.39 is 24.0 Å². The van der Waals surface area contributed by atoms with E-state index in [1.54, 1.807) is 19.1 Å². The zero-order valence-corrected chi connectivity index (χ0v) is 14.4. The number of hydrogen-bond acceptors (Lipinski definition) is 3. The number of aryl methyl sites for hydroxylation is 1. The average molecular weight is 322 g/mol. The number of aliphatic carboxylic acids is 1. The number of hydrogen-bond donors (Lipinski definition) is 2. The van der Waals surface area contributed by atoms with Gasteiger partial charge in [0.05, 0.1) is 0 Å². The number of aromatic nitrogens is 1. The van der Waals surface area contributed by atoms with Gasteiger partial charge in [0.15, 0.2) is 0 Å². The molecule has 1 aromatic heterocycles. The fourth-order valence-corrected chi connectivity index (χ4v) is 2.63. The molecule has 0 aromatic carbocycles. The zero-order valence-electron chi connectivity index (χ0n) is 14.4. The average Bonchev–Trinajstić information content (AvgIpc) is 2.40. The molecule has 0 bridgehead atoms. The van der Waals surface area contributed by atoms with Gasteiger partial charge in [-0.2, -0.15) is 0 Å². The molecule has 0 radical (unpaired) electrons. The van der Waals surface area contributed by atoms with Crippen LogP contribution in [0.3, 0.4) is 0 Å². The summed E-state index contributed by atoms with van der Waals surface area (Å²) in [4.78, 5) is 36.2. The summed E-state index contributed by atoms with van der Waals surface area (Å²) in [6.07, 6.45) is 0.342. The van der Waals surface area contributed by atoms with Gasteiger partial charge in [-0.15, -0.1) is 0 Å². The normalized spacial score (nSPS) is 13.9. The van der Waals surface area contributed by atoms with Crippen LogP contribution in [-0.4, -0.2) is 27.6 Å². The summed E-state index contributed by atoms with van der Waals surface area (Å²) < 4.78 is 1.42. The van der Waals surface area contributed by atoms with Crippen molar-refractivity contribution < 1.29 is 14.7 Å². The van der Waals surface area contributed by atoms with Gasteiger partial charge in [-0.25, -0.2) is 4.79 Å². The second kappa shape index (κ2) is 7.94. The molecule has 6 nitrogen and oxygen atoms in total. The maximum atomic E-state index is 12.7. The molecule has 0 saturated heterocycles. The fraction of sp³-hybridized carbons (Fsp3) is 0.588. The Labute approximate surface area is 136 Å². The Bertz CT molecular complexity index is 619. The van der Waals surface area contributed by atoms with Crippen LogP contribution in [0.1, 0.15) is 45.9 Å². The molecule has 0 aliphatic carbocycles. The van der Waals surface area contributed by atoms with Crippen molar-refractivity contribution in [2.24, 2.45) is 11.8 Å². The number of rotatable bonds is 7. The van der Waals surface area contributed by atoms with Crippen LogP contribution in [0.15, 0.2) is 23.0 Å². The molecule has 0 aliphatic rings. The highest BCUT2D eigenvalue weighted by molar-refractivity contribution is 5.86. The van der Waals surface area contributed by atoms with Crippen LogP contribution < -0.4 is 10.9 Å². The summed E-state index contributed by atoms with van der Waals surface area (Å²) in [5, 5.41) is 11.9. The molecule has 6 heteroatoms. The predicted octanol–water partition coefficient (Wildman–Crippen LogP) is 1.97. The maximum Gasteiger partial charge on any atom is 0.326 e. The number of carbonyl (C=O) groups is 2. The Morgan fingerprint density at radius 1 is 1.22 bits per heavy atom. The van der Waals surface area contributed by atoms with E-state index in [9.17, 15) is 19.5 Å². The lowest BCUT2D eigenvalue weighted by Crippen LogP contribution is -2.47. The molecule has 1 amide bonds. The van der Waals surface area contributed by atoms with Crippen molar-refractivity contribution in [1.29, 1.82) is 0 Å². The van der Waals surface area contributed by atoms with E-state index in [2.05, 4.69) is 5.32 Å². The molecule has 2 atom stereocenters. The predicted molar refractivity (Wildman–Crippen MR) is 88.3 cm³/mol. The third kappa shape index (κ3) is 4.94. The standard InChI is InChI=1S/C17H26N2O4/c1-10(2)9-13(17(22)23)18-16(21)15(11(3)4)19-12(5)7-6-8-14(19)20/h6-8,10-11,13,15H,9H2,1-5H3,(H,18,21)(H,22,23). The Kier molecular flexibility index (Phi) is 6.54. The van der Waals surface area contributed by atoms with Gasteiger partial charge in [0.2, 0.25) is 5.91 Å². The lowest BCUT2D eigenvalue weighted by molar-refractivity contribution is -0.143. The third-order valence-corrected chi connectivity index (χ3v) is 3.69.